The molecule has 0 radical (unpaired) electrons. The molecule has 7 heteroatoms. The molecule has 2 aromatic carbocycles. The maximum Gasteiger partial charge on any atom is 0.295 e. The number of aliphatic hydroxyl groups excluding tert-OH is 1. The summed E-state index contributed by atoms with van der Waals surface area (Å²) in [5, 5.41) is 22.2. The SMILES string of the molecule is Cc1ccccc1C1/C(=C(\O)c2cccc([N+](=O)[O-])c2)C(=O)C(=O)N1C1CCCC1. The van der Waals surface area contributed by atoms with Crippen LogP contribution in [0.4, 0.5) is 5.69 Å². The molecular weight excluding hydrogens is 384 g/mol. The van der Waals surface area contributed by atoms with Gasteiger partial charge in [0.05, 0.1) is 16.5 Å². The zero-order valence-electron chi connectivity index (χ0n) is 16.6. The average Bonchev–Trinajstić information content (AvgIpc) is 3.35. The lowest BCUT2D eigenvalue weighted by molar-refractivity contribution is -0.384. The largest absolute Gasteiger partial charge is 0.507 e. The molecule has 30 heavy (non-hydrogen) atoms. The summed E-state index contributed by atoms with van der Waals surface area (Å²) in [7, 11) is 0. The van der Waals surface area contributed by atoms with Crippen molar-refractivity contribution in [3.63, 3.8) is 0 Å². The number of aryl methyl sites for hydroxylation is 1. The fourth-order valence-corrected chi connectivity index (χ4v) is 4.53. The molecule has 0 aromatic heterocycles. The molecule has 154 valence electrons. The minimum atomic E-state index is -0.751. The van der Waals surface area contributed by atoms with Crippen molar-refractivity contribution in [1.29, 1.82) is 0 Å². The van der Waals surface area contributed by atoms with E-state index in [1.165, 1.54) is 24.3 Å². The van der Waals surface area contributed by atoms with E-state index < -0.39 is 22.7 Å². The highest BCUT2D eigenvalue weighted by molar-refractivity contribution is 6.46. The van der Waals surface area contributed by atoms with E-state index in [2.05, 4.69) is 0 Å². The molecule has 4 rings (SSSR count). The molecule has 2 aromatic rings. The van der Waals surface area contributed by atoms with E-state index in [1.807, 2.05) is 31.2 Å². The van der Waals surface area contributed by atoms with Gasteiger partial charge in [-0.1, -0.05) is 49.2 Å². The molecule has 2 fully saturated rings. The standard InChI is InChI=1S/C23H22N2O5/c1-14-7-2-5-12-18(14)20-19(21(26)15-8-6-11-17(13-15)25(29)30)22(27)23(28)24(20)16-9-3-4-10-16/h2,5-8,11-13,16,20,26H,3-4,9-10H2,1H3/b21-19+. The molecule has 1 atom stereocenters. The monoisotopic (exact) mass is 406 g/mol. The van der Waals surface area contributed by atoms with Gasteiger partial charge in [0.25, 0.3) is 17.4 Å². The number of likely N-dealkylation sites (tertiary alicyclic amines) is 1. The van der Waals surface area contributed by atoms with E-state index in [0.29, 0.717) is 0 Å². The second kappa shape index (κ2) is 7.74. The third-order valence-electron chi connectivity index (χ3n) is 6.01. The van der Waals surface area contributed by atoms with Gasteiger partial charge < -0.3 is 10.0 Å². The number of hydrogen-bond acceptors (Lipinski definition) is 5. The second-order valence-corrected chi connectivity index (χ2v) is 7.81. The highest BCUT2D eigenvalue weighted by Gasteiger charge is 2.49. The molecule has 1 N–H and O–H groups in total. The first kappa shape index (κ1) is 19.8. The number of nitro benzene ring substituents is 1. The van der Waals surface area contributed by atoms with Gasteiger partial charge in [0, 0.05) is 23.7 Å². The predicted molar refractivity (Wildman–Crippen MR) is 111 cm³/mol. The number of aliphatic hydroxyl groups is 1. The Morgan fingerprint density at radius 1 is 1.10 bits per heavy atom. The zero-order valence-corrected chi connectivity index (χ0v) is 16.6. The summed E-state index contributed by atoms with van der Waals surface area (Å²) in [4.78, 5) is 38.3. The van der Waals surface area contributed by atoms with Crippen molar-refractivity contribution in [2.75, 3.05) is 0 Å². The number of nitrogens with zero attached hydrogens (tertiary/aromatic N) is 2. The minimum absolute atomic E-state index is 0.0123. The Bertz CT molecular complexity index is 1070. The molecular formula is C23H22N2O5. The Labute approximate surface area is 173 Å². The van der Waals surface area contributed by atoms with Crippen molar-refractivity contribution in [3.8, 4) is 0 Å². The van der Waals surface area contributed by atoms with E-state index in [-0.39, 0.29) is 28.6 Å². The van der Waals surface area contributed by atoms with E-state index in [4.69, 9.17) is 0 Å². The summed E-state index contributed by atoms with van der Waals surface area (Å²) >= 11 is 0. The van der Waals surface area contributed by atoms with Gasteiger partial charge in [-0.05, 0) is 30.9 Å². The lowest BCUT2D eigenvalue weighted by atomic mass is 9.92. The molecule has 1 aliphatic carbocycles. The van der Waals surface area contributed by atoms with Gasteiger partial charge in [0.2, 0.25) is 0 Å². The number of carbonyl (C=O) groups is 2. The Hall–Kier alpha value is -3.48. The van der Waals surface area contributed by atoms with E-state index in [0.717, 1.165) is 36.8 Å². The van der Waals surface area contributed by atoms with Gasteiger partial charge in [-0.2, -0.15) is 0 Å². The Balaban J connectivity index is 1.92. The highest BCUT2D eigenvalue weighted by atomic mass is 16.6. The lowest BCUT2D eigenvalue weighted by Gasteiger charge is -2.31. The number of Topliss-reactive ketones (excluding diaryl/α,β-unsaturated/α-hetero) is 1. The van der Waals surface area contributed by atoms with Crippen LogP contribution in [-0.2, 0) is 9.59 Å². The van der Waals surface area contributed by atoms with Gasteiger partial charge in [-0.25, -0.2) is 0 Å². The van der Waals surface area contributed by atoms with Crippen LogP contribution in [0, 0.1) is 17.0 Å². The van der Waals surface area contributed by atoms with Crippen LogP contribution in [0.15, 0.2) is 54.1 Å². The van der Waals surface area contributed by atoms with Crippen molar-refractivity contribution in [2.24, 2.45) is 0 Å². The van der Waals surface area contributed by atoms with Gasteiger partial charge in [-0.15, -0.1) is 0 Å². The normalized spacial score (nSPS) is 21.4. The number of benzene rings is 2. The summed E-state index contributed by atoms with van der Waals surface area (Å²) in [5.41, 5.74) is 1.61. The van der Waals surface area contributed by atoms with Crippen LogP contribution < -0.4 is 0 Å². The quantitative estimate of drug-likeness (QED) is 0.269. The Morgan fingerprint density at radius 3 is 2.47 bits per heavy atom. The Morgan fingerprint density at radius 2 is 1.80 bits per heavy atom. The average molecular weight is 406 g/mol. The van der Waals surface area contributed by atoms with Crippen LogP contribution in [0.5, 0.6) is 0 Å². The molecule has 0 spiro atoms. The molecule has 1 unspecified atom stereocenters. The first-order valence-electron chi connectivity index (χ1n) is 10.0. The molecule has 0 bridgehead atoms. The molecule has 1 amide bonds. The van der Waals surface area contributed by atoms with Crippen LogP contribution in [0.1, 0.15) is 48.4 Å². The maximum absolute atomic E-state index is 13.1. The predicted octanol–water partition coefficient (Wildman–Crippen LogP) is 4.27. The van der Waals surface area contributed by atoms with Gasteiger partial charge >= 0.3 is 0 Å². The number of amides is 1. The smallest absolute Gasteiger partial charge is 0.295 e. The lowest BCUT2D eigenvalue weighted by Crippen LogP contribution is -2.37. The number of rotatable bonds is 4. The van der Waals surface area contributed by atoms with Crippen molar-refractivity contribution in [2.45, 2.75) is 44.7 Å². The van der Waals surface area contributed by atoms with Crippen LogP contribution in [0.25, 0.3) is 5.76 Å². The maximum atomic E-state index is 13.1. The summed E-state index contributed by atoms with van der Waals surface area (Å²) in [5.74, 6) is -1.76. The molecule has 1 heterocycles. The second-order valence-electron chi connectivity index (χ2n) is 7.81. The minimum Gasteiger partial charge on any atom is -0.507 e. The fraction of sp³-hybridized carbons (Fsp3) is 0.304. The molecule has 2 aliphatic rings. The van der Waals surface area contributed by atoms with E-state index in [1.54, 1.807) is 4.90 Å². The Kier molecular flexibility index (Phi) is 5.11. The van der Waals surface area contributed by atoms with Crippen LogP contribution in [0.2, 0.25) is 0 Å². The molecule has 1 saturated heterocycles. The van der Waals surface area contributed by atoms with E-state index in [9.17, 15) is 24.8 Å². The van der Waals surface area contributed by atoms with E-state index >= 15 is 0 Å². The third-order valence-corrected chi connectivity index (χ3v) is 6.01. The van der Waals surface area contributed by atoms with Crippen LogP contribution in [-0.4, -0.2) is 32.7 Å². The summed E-state index contributed by atoms with van der Waals surface area (Å²) in [6.45, 7) is 1.90. The van der Waals surface area contributed by atoms with Gasteiger partial charge in [0.1, 0.15) is 5.76 Å². The first-order chi connectivity index (χ1) is 14.4. The molecule has 1 saturated carbocycles. The summed E-state index contributed by atoms with van der Waals surface area (Å²) in [6, 6.07) is 12.2. The fourth-order valence-electron chi connectivity index (χ4n) is 4.53. The summed E-state index contributed by atoms with van der Waals surface area (Å²) in [6.07, 6.45) is 3.59. The molecule has 7 nitrogen and oxygen atoms in total. The topological polar surface area (TPSA) is 101 Å². The molecule has 1 aliphatic heterocycles. The highest BCUT2D eigenvalue weighted by Crippen LogP contribution is 2.44. The van der Waals surface area contributed by atoms with Crippen LogP contribution >= 0.6 is 0 Å². The van der Waals surface area contributed by atoms with Crippen molar-refractivity contribution >= 4 is 23.1 Å². The summed E-state index contributed by atoms with van der Waals surface area (Å²) < 4.78 is 0. The number of hydrogen-bond donors (Lipinski definition) is 1. The number of non-ortho nitro benzene ring substituents is 1. The van der Waals surface area contributed by atoms with Crippen molar-refractivity contribution in [3.05, 3.63) is 80.9 Å². The van der Waals surface area contributed by atoms with Crippen molar-refractivity contribution < 1.29 is 19.6 Å². The van der Waals surface area contributed by atoms with Crippen molar-refractivity contribution in [1.82, 2.24) is 4.90 Å². The number of nitro groups is 1. The third kappa shape index (κ3) is 3.26. The van der Waals surface area contributed by atoms with Crippen LogP contribution in [0.3, 0.4) is 0 Å². The zero-order chi connectivity index (χ0) is 21.4. The first-order valence-corrected chi connectivity index (χ1v) is 10.0. The van der Waals surface area contributed by atoms with Gasteiger partial charge in [0.15, 0.2) is 0 Å². The number of carbonyl (C=O) groups excluding carboxylic acids is 2. The number of ketones is 1. The van der Waals surface area contributed by atoms with Gasteiger partial charge in [-0.3, -0.25) is 19.7 Å².